The van der Waals surface area contributed by atoms with E-state index in [1.165, 1.54) is 44.6 Å². The monoisotopic (exact) mass is 710 g/mol. The van der Waals surface area contributed by atoms with Crippen molar-refractivity contribution < 1.29 is 18.7 Å². The fourth-order valence-corrected chi connectivity index (χ4v) is 11.6. The first-order chi connectivity index (χ1) is 25.1. The summed E-state index contributed by atoms with van der Waals surface area (Å²) >= 11 is 0. The maximum Gasteiger partial charge on any atom is 0.272 e. The van der Waals surface area contributed by atoms with Crippen LogP contribution in [0.25, 0.3) is 10.8 Å². The van der Waals surface area contributed by atoms with E-state index < -0.39 is 5.82 Å². The molecule has 0 spiro atoms. The number of Topliss-reactive ketones (excluding diaryl/α,β-unsaturated/α-hetero) is 1. The van der Waals surface area contributed by atoms with Crippen molar-refractivity contribution in [2.45, 2.75) is 97.0 Å². The number of ketones is 1. The predicted molar refractivity (Wildman–Crippen MR) is 200 cm³/mol. The van der Waals surface area contributed by atoms with Gasteiger partial charge >= 0.3 is 0 Å². The first-order valence-electron chi connectivity index (χ1n) is 20.0. The standard InChI is InChI=1S/C43H55FN4O4/c1-42-17-15-30(49)27-29(42)10-11-33-35-12-14-39(43(35,2)18-16-36(33)42)52-24-6-5-19-47-20-22-48(23-21-47)41(51)34-25-28(9-13-37(34)44)26-38-31-7-3-4-8-32(31)40(50)46-45-38/h3-4,7-9,13,25,29,33,35-36,39H,5-6,10-12,14-24,26-27H2,1-2H3,(H,46,50)/t29-,33?,35-,36-,39-,42?,43?/m0/s1. The zero-order valence-corrected chi connectivity index (χ0v) is 31.0. The highest BCUT2D eigenvalue weighted by Crippen LogP contribution is 2.66. The van der Waals surface area contributed by atoms with E-state index in [0.717, 1.165) is 87.0 Å². The Kier molecular flexibility index (Phi) is 9.87. The smallest absolute Gasteiger partial charge is 0.272 e. The first kappa shape index (κ1) is 35.6. The lowest BCUT2D eigenvalue weighted by molar-refractivity contribution is -0.145. The van der Waals surface area contributed by atoms with E-state index in [4.69, 9.17) is 4.74 Å². The van der Waals surface area contributed by atoms with Crippen LogP contribution in [0.15, 0.2) is 47.3 Å². The summed E-state index contributed by atoms with van der Waals surface area (Å²) in [4.78, 5) is 42.1. The molecule has 1 aromatic heterocycles. The molecule has 3 unspecified atom stereocenters. The number of carbonyl (C=O) groups is 2. The van der Waals surface area contributed by atoms with Crippen LogP contribution in [0.1, 0.15) is 106 Å². The van der Waals surface area contributed by atoms with E-state index in [1.807, 2.05) is 18.2 Å². The number of halogens is 1. The van der Waals surface area contributed by atoms with Crippen LogP contribution in [0.3, 0.4) is 0 Å². The Morgan fingerprint density at radius 2 is 1.71 bits per heavy atom. The van der Waals surface area contributed by atoms with Gasteiger partial charge in [0, 0.05) is 57.4 Å². The number of hydrogen-bond acceptors (Lipinski definition) is 6. The van der Waals surface area contributed by atoms with Crippen LogP contribution >= 0.6 is 0 Å². The molecular weight excluding hydrogens is 655 g/mol. The molecule has 0 radical (unpaired) electrons. The molecule has 278 valence electrons. The van der Waals surface area contributed by atoms with E-state index in [-0.39, 0.29) is 22.4 Å². The summed E-state index contributed by atoms with van der Waals surface area (Å²) in [6, 6.07) is 12.0. The molecular formula is C43H55FN4O4. The Morgan fingerprint density at radius 1 is 0.923 bits per heavy atom. The maximum atomic E-state index is 15.0. The number of amides is 1. The lowest BCUT2D eigenvalue weighted by atomic mass is 9.45. The number of nitrogens with zero attached hydrogens (tertiary/aromatic N) is 3. The molecule has 1 saturated heterocycles. The van der Waals surface area contributed by atoms with Crippen molar-refractivity contribution in [3.8, 4) is 0 Å². The lowest BCUT2D eigenvalue weighted by Crippen LogP contribution is -2.54. The van der Waals surface area contributed by atoms with Crippen LogP contribution in [0.2, 0.25) is 0 Å². The number of aromatic amines is 1. The number of piperazine rings is 1. The van der Waals surface area contributed by atoms with Gasteiger partial charge in [-0.25, -0.2) is 9.49 Å². The summed E-state index contributed by atoms with van der Waals surface area (Å²) in [5, 5.41) is 8.12. The number of aromatic nitrogens is 2. The number of carbonyl (C=O) groups excluding carboxylic acids is 2. The molecule has 2 aromatic carbocycles. The highest BCUT2D eigenvalue weighted by molar-refractivity contribution is 5.95. The number of nitrogens with one attached hydrogen (secondary N) is 1. The van der Waals surface area contributed by atoms with Crippen LogP contribution in [0.5, 0.6) is 0 Å². The number of hydrogen-bond donors (Lipinski definition) is 1. The molecule has 2 heterocycles. The van der Waals surface area contributed by atoms with Crippen molar-refractivity contribution in [3.63, 3.8) is 0 Å². The van der Waals surface area contributed by atoms with Crippen molar-refractivity contribution in [2.75, 3.05) is 39.3 Å². The number of unbranched alkanes of at least 4 members (excludes halogenated alkanes) is 1. The Labute approximate surface area is 306 Å². The van der Waals surface area contributed by atoms with Gasteiger partial charge in [0.1, 0.15) is 11.6 Å². The molecule has 52 heavy (non-hydrogen) atoms. The number of H-pyrrole nitrogens is 1. The lowest BCUT2D eigenvalue weighted by Gasteiger charge is -2.60. The molecule has 8 nitrogen and oxygen atoms in total. The van der Waals surface area contributed by atoms with E-state index in [1.54, 1.807) is 23.1 Å². The molecule has 5 fully saturated rings. The minimum Gasteiger partial charge on any atom is -0.378 e. The van der Waals surface area contributed by atoms with E-state index in [0.29, 0.717) is 53.8 Å². The largest absolute Gasteiger partial charge is 0.378 e. The van der Waals surface area contributed by atoms with Crippen LogP contribution in [0, 0.1) is 40.3 Å². The summed E-state index contributed by atoms with van der Waals surface area (Å²) in [5.41, 5.74) is 1.93. The highest BCUT2D eigenvalue weighted by atomic mass is 19.1. The molecule has 4 saturated carbocycles. The predicted octanol–water partition coefficient (Wildman–Crippen LogP) is 7.19. The highest BCUT2D eigenvalue weighted by Gasteiger charge is 2.60. The zero-order chi connectivity index (χ0) is 36.0. The van der Waals surface area contributed by atoms with Gasteiger partial charge in [0.2, 0.25) is 0 Å². The van der Waals surface area contributed by atoms with Gasteiger partial charge in [0.15, 0.2) is 0 Å². The van der Waals surface area contributed by atoms with Crippen LogP contribution < -0.4 is 5.56 Å². The normalized spacial score (nSPS) is 32.0. The average Bonchev–Trinajstić information content (AvgIpc) is 3.49. The van der Waals surface area contributed by atoms with Gasteiger partial charge in [-0.15, -0.1) is 0 Å². The molecule has 9 heteroatoms. The van der Waals surface area contributed by atoms with E-state index in [2.05, 4.69) is 28.9 Å². The molecule has 1 aliphatic heterocycles. The summed E-state index contributed by atoms with van der Waals surface area (Å²) in [7, 11) is 0. The second kappa shape index (κ2) is 14.4. The van der Waals surface area contributed by atoms with Gasteiger partial charge in [0.05, 0.1) is 22.7 Å². The third-order valence-electron chi connectivity index (χ3n) is 14.6. The molecule has 7 atom stereocenters. The Balaban J connectivity index is 0.786. The van der Waals surface area contributed by atoms with Gasteiger partial charge < -0.3 is 9.64 Å². The quantitative estimate of drug-likeness (QED) is 0.237. The van der Waals surface area contributed by atoms with Crippen molar-refractivity contribution in [1.29, 1.82) is 0 Å². The molecule has 4 aliphatic carbocycles. The second-order valence-electron chi connectivity index (χ2n) is 17.3. The first-order valence-corrected chi connectivity index (χ1v) is 20.0. The number of rotatable bonds is 9. The number of ether oxygens (including phenoxy) is 1. The third-order valence-corrected chi connectivity index (χ3v) is 14.6. The summed E-state index contributed by atoms with van der Waals surface area (Å²) in [6.07, 6.45) is 13.2. The van der Waals surface area contributed by atoms with Gasteiger partial charge in [-0.05, 0) is 123 Å². The van der Waals surface area contributed by atoms with Crippen molar-refractivity contribution in [1.82, 2.24) is 20.0 Å². The number of benzene rings is 2. The van der Waals surface area contributed by atoms with E-state index >= 15 is 0 Å². The molecule has 8 rings (SSSR count). The molecule has 1 N–H and O–H groups in total. The third kappa shape index (κ3) is 6.54. The Hall–Kier alpha value is -3.43. The fraction of sp³-hybridized carbons (Fsp3) is 0.628. The second-order valence-corrected chi connectivity index (χ2v) is 17.3. The van der Waals surface area contributed by atoms with Crippen LogP contribution in [0.4, 0.5) is 4.39 Å². The zero-order valence-electron chi connectivity index (χ0n) is 31.0. The molecule has 5 aliphatic rings. The van der Waals surface area contributed by atoms with Crippen molar-refractivity contribution >= 4 is 22.5 Å². The van der Waals surface area contributed by atoms with Gasteiger partial charge in [-0.2, -0.15) is 5.10 Å². The summed E-state index contributed by atoms with van der Waals surface area (Å²) in [5.74, 6) is 2.65. The topological polar surface area (TPSA) is 95.6 Å². The molecule has 1 amide bonds. The minimum atomic E-state index is -0.519. The SMILES string of the molecule is CC12CCC(=O)C[C@@H]1CCC1[C@@H]2CCC2(C)[C@@H](OCCCCN3CCN(C(=O)c4cc(Cc5n[nH]c(=O)c6ccccc56)ccc4F)CC3)CC[C@@H]12. The number of fused-ring (bicyclic) bond motifs is 6. The molecule has 0 bridgehead atoms. The summed E-state index contributed by atoms with van der Waals surface area (Å²) in [6.45, 7) is 9.55. The van der Waals surface area contributed by atoms with E-state index in [9.17, 15) is 18.8 Å². The van der Waals surface area contributed by atoms with Crippen molar-refractivity contribution in [2.24, 2.45) is 34.5 Å². The summed E-state index contributed by atoms with van der Waals surface area (Å²) < 4.78 is 21.7. The average molecular weight is 711 g/mol. The van der Waals surface area contributed by atoms with Crippen LogP contribution in [-0.4, -0.2) is 77.1 Å². The molecule has 3 aromatic rings. The van der Waals surface area contributed by atoms with Crippen molar-refractivity contribution in [3.05, 3.63) is 75.5 Å². The van der Waals surface area contributed by atoms with Crippen LogP contribution in [-0.2, 0) is 16.0 Å². The van der Waals surface area contributed by atoms with Gasteiger partial charge in [0.25, 0.3) is 11.5 Å². The van der Waals surface area contributed by atoms with Gasteiger partial charge in [-0.1, -0.05) is 38.1 Å². The minimum absolute atomic E-state index is 0.0838. The fourth-order valence-electron chi connectivity index (χ4n) is 11.6. The Bertz CT molecular complexity index is 1870. The van der Waals surface area contributed by atoms with Gasteiger partial charge in [-0.3, -0.25) is 19.3 Å². The Morgan fingerprint density at radius 3 is 2.54 bits per heavy atom. The maximum absolute atomic E-state index is 15.0.